The van der Waals surface area contributed by atoms with Crippen LogP contribution < -0.4 is 15.2 Å². The second-order valence-corrected chi connectivity index (χ2v) is 5.84. The van der Waals surface area contributed by atoms with Gasteiger partial charge in [0, 0.05) is 23.6 Å². The summed E-state index contributed by atoms with van der Waals surface area (Å²) in [5, 5.41) is 25.0. The number of carbonyl (C=O) groups excluding carboxylic acids is 1. The highest BCUT2D eigenvalue weighted by Gasteiger charge is 2.08. The number of rotatable bonds is 7. The van der Waals surface area contributed by atoms with Crippen LogP contribution in [0.5, 0.6) is 11.5 Å². The Kier molecular flexibility index (Phi) is 6.02. The number of nitro benzene ring substituents is 1. The van der Waals surface area contributed by atoms with Crippen molar-refractivity contribution in [3.05, 3.63) is 58.1 Å². The Balaban J connectivity index is 1.86. The molecule has 0 spiro atoms. The van der Waals surface area contributed by atoms with Crippen molar-refractivity contribution in [2.45, 2.75) is 11.4 Å². The maximum Gasteiger partial charge on any atom is 0.269 e. The number of nitro groups is 1. The van der Waals surface area contributed by atoms with Gasteiger partial charge < -0.3 is 15.2 Å². The molecule has 0 aliphatic carbocycles. The molecule has 24 heavy (non-hydrogen) atoms. The van der Waals surface area contributed by atoms with E-state index < -0.39 is 4.92 Å². The molecule has 0 radical (unpaired) electrons. The Labute approximate surface area is 142 Å². The molecule has 7 nitrogen and oxygen atoms in total. The number of amides is 1. The summed E-state index contributed by atoms with van der Waals surface area (Å²) in [6, 6.07) is 10.7. The van der Waals surface area contributed by atoms with Gasteiger partial charge in [0.15, 0.2) is 0 Å². The molecule has 0 aromatic heterocycles. The van der Waals surface area contributed by atoms with E-state index in [-0.39, 0.29) is 35.2 Å². The molecule has 0 aliphatic rings. The van der Waals surface area contributed by atoms with E-state index in [1.54, 1.807) is 19.2 Å². The number of nitrogens with zero attached hydrogens (tertiary/aromatic N) is 1. The number of methoxy groups -OCH3 is 1. The van der Waals surface area contributed by atoms with Crippen LogP contribution in [-0.4, -0.2) is 23.7 Å². The summed E-state index contributed by atoms with van der Waals surface area (Å²) in [7, 11) is 1.58. The molecule has 0 aliphatic heterocycles. The summed E-state index contributed by atoms with van der Waals surface area (Å²) in [5.74, 6) is 0.304. The lowest BCUT2D eigenvalue weighted by Crippen LogP contribution is -2.25. The zero-order valence-corrected chi connectivity index (χ0v) is 13.7. The van der Waals surface area contributed by atoms with Crippen molar-refractivity contribution >= 4 is 23.4 Å². The first-order valence-electron chi connectivity index (χ1n) is 6.97. The van der Waals surface area contributed by atoms with Crippen molar-refractivity contribution in [2.24, 2.45) is 0 Å². The lowest BCUT2D eigenvalue weighted by Gasteiger charge is -2.13. The fraction of sp³-hybridized carbons (Fsp3) is 0.188. The third-order valence-electron chi connectivity index (χ3n) is 3.16. The average molecular weight is 347 g/mol. The van der Waals surface area contributed by atoms with Crippen molar-refractivity contribution in [1.82, 2.24) is 5.32 Å². The predicted molar refractivity (Wildman–Crippen MR) is 88.1 cm³/mol. The number of hydrogen-bond acceptors (Lipinski definition) is 6. The largest absolute Gasteiger partial charge is 0.872 e. The number of hydrogen-bond donors (Lipinski definition) is 1. The van der Waals surface area contributed by atoms with Crippen molar-refractivity contribution in [3.8, 4) is 11.5 Å². The van der Waals surface area contributed by atoms with E-state index in [9.17, 15) is 20.0 Å². The maximum absolute atomic E-state index is 11.9. The molecule has 1 amide bonds. The molecule has 8 heteroatoms. The van der Waals surface area contributed by atoms with Crippen molar-refractivity contribution in [1.29, 1.82) is 0 Å². The topological polar surface area (TPSA) is 105 Å². The van der Waals surface area contributed by atoms with Crippen molar-refractivity contribution < 1.29 is 19.6 Å². The molecule has 126 valence electrons. The molecule has 1 N–H and O–H groups in total. The van der Waals surface area contributed by atoms with E-state index in [4.69, 9.17) is 4.74 Å². The quantitative estimate of drug-likeness (QED) is 0.467. The molecule has 0 atom stereocenters. The Bertz CT molecular complexity index is 734. The zero-order chi connectivity index (χ0) is 17.5. The number of carbonyl (C=O) groups is 1. The molecule has 2 aromatic rings. The van der Waals surface area contributed by atoms with Crippen molar-refractivity contribution in [3.63, 3.8) is 0 Å². The third-order valence-corrected chi connectivity index (χ3v) is 4.17. The summed E-state index contributed by atoms with van der Waals surface area (Å²) in [6.45, 7) is -0.0392. The lowest BCUT2D eigenvalue weighted by molar-refractivity contribution is -0.385. The maximum atomic E-state index is 11.9. The average Bonchev–Trinajstić information content (AvgIpc) is 2.59. The number of non-ortho nitro benzene ring substituents is 1. The standard InChI is InChI=1S/C16H16N2O5S/c1-23-13-3-5-14(6-4-13)24-10-16(20)17-9-11-8-12(18(21)22)2-7-15(11)19/h2-8,19H,9-10H2,1H3,(H,17,20)/p-1. The van der Waals surface area contributed by atoms with Crippen LogP contribution in [0.15, 0.2) is 47.4 Å². The van der Waals surface area contributed by atoms with Crippen LogP contribution in [0, 0.1) is 10.1 Å². The molecule has 0 unspecified atom stereocenters. The van der Waals surface area contributed by atoms with Crippen LogP contribution in [0.3, 0.4) is 0 Å². The first-order valence-corrected chi connectivity index (χ1v) is 7.96. The van der Waals surface area contributed by atoms with E-state index in [2.05, 4.69) is 5.32 Å². The van der Waals surface area contributed by atoms with Crippen LogP contribution in [0.2, 0.25) is 0 Å². The highest BCUT2D eigenvalue weighted by Crippen LogP contribution is 2.22. The van der Waals surface area contributed by atoms with E-state index in [1.807, 2.05) is 12.1 Å². The van der Waals surface area contributed by atoms with Crippen molar-refractivity contribution in [2.75, 3.05) is 12.9 Å². The van der Waals surface area contributed by atoms with Gasteiger partial charge in [-0.1, -0.05) is 6.07 Å². The summed E-state index contributed by atoms with van der Waals surface area (Å²) in [5.41, 5.74) is 0.0125. The van der Waals surface area contributed by atoms with Gasteiger partial charge in [-0.05, 0) is 29.8 Å². The molecule has 0 saturated carbocycles. The highest BCUT2D eigenvalue weighted by molar-refractivity contribution is 8.00. The van der Waals surface area contributed by atoms with Crippen LogP contribution >= 0.6 is 11.8 Å². The molecular formula is C16H15N2O5S-. The van der Waals surface area contributed by atoms with Gasteiger partial charge in [0.1, 0.15) is 5.75 Å². The van der Waals surface area contributed by atoms with Gasteiger partial charge in [-0.25, -0.2) is 0 Å². The summed E-state index contributed by atoms with van der Waals surface area (Å²) >= 11 is 1.34. The van der Waals surface area contributed by atoms with Crippen LogP contribution in [0.1, 0.15) is 5.56 Å². The molecule has 0 bridgehead atoms. The number of nitrogens with one attached hydrogen (secondary N) is 1. The smallest absolute Gasteiger partial charge is 0.269 e. The van der Waals surface area contributed by atoms with E-state index in [0.717, 1.165) is 22.8 Å². The Morgan fingerprint density at radius 2 is 1.96 bits per heavy atom. The molecule has 2 aromatic carbocycles. The van der Waals surface area contributed by atoms with E-state index in [1.165, 1.54) is 17.8 Å². The molecule has 0 heterocycles. The minimum Gasteiger partial charge on any atom is -0.872 e. The van der Waals surface area contributed by atoms with Gasteiger partial charge in [0.25, 0.3) is 5.69 Å². The Hall–Kier alpha value is -2.74. The fourth-order valence-electron chi connectivity index (χ4n) is 1.88. The minimum absolute atomic E-state index is 0.0392. The SMILES string of the molecule is COc1ccc(SCC(=O)NCc2cc([N+](=O)[O-])ccc2[O-])cc1. The summed E-state index contributed by atoms with van der Waals surface area (Å²) in [4.78, 5) is 22.9. The van der Waals surface area contributed by atoms with Gasteiger partial charge >= 0.3 is 0 Å². The number of ether oxygens (including phenoxy) is 1. The number of benzene rings is 2. The third kappa shape index (κ3) is 4.88. The second kappa shape index (κ2) is 8.21. The Morgan fingerprint density at radius 1 is 1.25 bits per heavy atom. The van der Waals surface area contributed by atoms with E-state index >= 15 is 0 Å². The first-order chi connectivity index (χ1) is 11.5. The van der Waals surface area contributed by atoms with E-state index in [0.29, 0.717) is 0 Å². The van der Waals surface area contributed by atoms with Gasteiger partial charge in [-0.15, -0.1) is 17.5 Å². The van der Waals surface area contributed by atoms with Gasteiger partial charge in [0.05, 0.1) is 17.8 Å². The molecule has 0 fully saturated rings. The lowest BCUT2D eigenvalue weighted by atomic mass is 10.2. The Morgan fingerprint density at radius 3 is 2.58 bits per heavy atom. The molecule has 2 rings (SSSR count). The first kappa shape index (κ1) is 17.6. The highest BCUT2D eigenvalue weighted by atomic mass is 32.2. The number of thioether (sulfide) groups is 1. The summed E-state index contributed by atoms with van der Waals surface area (Å²) < 4.78 is 5.05. The molecule has 0 saturated heterocycles. The normalized spacial score (nSPS) is 10.2. The van der Waals surface area contributed by atoms with Crippen LogP contribution in [0.25, 0.3) is 0 Å². The predicted octanol–water partition coefficient (Wildman–Crippen LogP) is 2.09. The van der Waals surface area contributed by atoms with Crippen LogP contribution in [-0.2, 0) is 11.3 Å². The zero-order valence-electron chi connectivity index (χ0n) is 12.9. The van der Waals surface area contributed by atoms with Gasteiger partial charge in [-0.2, -0.15) is 0 Å². The summed E-state index contributed by atoms with van der Waals surface area (Å²) in [6.07, 6.45) is 0. The second-order valence-electron chi connectivity index (χ2n) is 4.79. The van der Waals surface area contributed by atoms with Gasteiger partial charge in [-0.3, -0.25) is 14.9 Å². The fourth-order valence-corrected chi connectivity index (χ4v) is 2.61. The van der Waals surface area contributed by atoms with Gasteiger partial charge in [0.2, 0.25) is 5.91 Å². The molecular weight excluding hydrogens is 332 g/mol. The monoisotopic (exact) mass is 347 g/mol. The van der Waals surface area contributed by atoms with Crippen LogP contribution in [0.4, 0.5) is 5.69 Å². The minimum atomic E-state index is -0.579.